The molecule has 0 bridgehead atoms. The van der Waals surface area contributed by atoms with Crippen molar-refractivity contribution in [2.45, 2.75) is 13.3 Å². The number of hydrogen-bond donors (Lipinski definition) is 1. The van der Waals surface area contributed by atoms with Crippen LogP contribution in [0.1, 0.15) is 17.5 Å². The Morgan fingerprint density at radius 1 is 1.56 bits per heavy atom. The van der Waals surface area contributed by atoms with E-state index in [4.69, 9.17) is 5.73 Å². The minimum absolute atomic E-state index is 0.0706. The number of nitro groups is 1. The first-order valence-electron chi connectivity index (χ1n) is 4.71. The molecule has 1 amide bonds. The molecule has 0 aliphatic rings. The van der Waals surface area contributed by atoms with Gasteiger partial charge in [-0.3, -0.25) is 14.9 Å². The zero-order valence-electron chi connectivity index (χ0n) is 8.84. The number of carbonyl (C=O) groups is 1. The molecule has 16 heavy (non-hydrogen) atoms. The van der Waals surface area contributed by atoms with Crippen LogP contribution in [0.4, 0.5) is 5.69 Å². The van der Waals surface area contributed by atoms with E-state index in [1.54, 1.807) is 31.2 Å². The Labute approximate surface area is 92.7 Å². The maximum Gasteiger partial charge on any atom is 0.272 e. The average molecular weight is 220 g/mol. The highest BCUT2D eigenvalue weighted by Crippen LogP contribution is 2.21. The van der Waals surface area contributed by atoms with Gasteiger partial charge in [-0.15, -0.1) is 0 Å². The van der Waals surface area contributed by atoms with E-state index >= 15 is 0 Å². The second-order valence-corrected chi connectivity index (χ2v) is 3.32. The summed E-state index contributed by atoms with van der Waals surface area (Å²) in [6.45, 7) is 1.67. The zero-order valence-corrected chi connectivity index (χ0v) is 8.84. The van der Waals surface area contributed by atoms with E-state index in [0.717, 1.165) is 5.56 Å². The molecule has 0 saturated carbocycles. The molecule has 2 N–H and O–H groups in total. The van der Waals surface area contributed by atoms with Crippen LogP contribution in [0.3, 0.4) is 0 Å². The molecule has 1 rings (SSSR count). The molecule has 0 radical (unpaired) electrons. The first-order valence-corrected chi connectivity index (χ1v) is 4.71. The van der Waals surface area contributed by atoms with Gasteiger partial charge in [-0.25, -0.2) is 0 Å². The van der Waals surface area contributed by atoms with Crippen LogP contribution in [0.5, 0.6) is 0 Å². The Hall–Kier alpha value is -2.17. The first kappa shape index (κ1) is 11.9. The number of nitrogens with two attached hydrogens (primary N) is 1. The Morgan fingerprint density at radius 3 is 2.81 bits per heavy atom. The maximum absolute atomic E-state index is 10.7. The lowest BCUT2D eigenvalue weighted by molar-refractivity contribution is -0.385. The van der Waals surface area contributed by atoms with E-state index in [9.17, 15) is 14.9 Å². The normalized spacial score (nSPS) is 10.6. The van der Waals surface area contributed by atoms with E-state index < -0.39 is 10.8 Å². The van der Waals surface area contributed by atoms with Crippen LogP contribution in [-0.4, -0.2) is 10.8 Å². The van der Waals surface area contributed by atoms with Crippen molar-refractivity contribution in [1.82, 2.24) is 0 Å². The van der Waals surface area contributed by atoms with Crippen molar-refractivity contribution in [3.05, 3.63) is 45.5 Å². The fourth-order valence-corrected chi connectivity index (χ4v) is 1.32. The minimum Gasteiger partial charge on any atom is -0.369 e. The SMILES string of the molecule is Cc1c(C=CCC(N)=O)cccc1[N+](=O)[O-]. The highest BCUT2D eigenvalue weighted by atomic mass is 16.6. The van der Waals surface area contributed by atoms with Crippen molar-refractivity contribution in [3.8, 4) is 0 Å². The number of nitrogens with zero attached hydrogens (tertiary/aromatic N) is 1. The monoisotopic (exact) mass is 220 g/mol. The largest absolute Gasteiger partial charge is 0.369 e. The Bertz CT molecular complexity index is 453. The minimum atomic E-state index is -0.431. The topological polar surface area (TPSA) is 86.2 Å². The highest BCUT2D eigenvalue weighted by molar-refractivity contribution is 5.76. The molecule has 0 fully saturated rings. The Balaban J connectivity index is 2.97. The summed E-state index contributed by atoms with van der Waals surface area (Å²) in [7, 11) is 0. The van der Waals surface area contributed by atoms with Gasteiger partial charge in [0.2, 0.25) is 5.91 Å². The number of benzene rings is 1. The van der Waals surface area contributed by atoms with Gasteiger partial charge in [0, 0.05) is 18.1 Å². The molecule has 5 heteroatoms. The fraction of sp³-hybridized carbons (Fsp3) is 0.182. The summed E-state index contributed by atoms with van der Waals surface area (Å²) in [6.07, 6.45) is 3.38. The van der Waals surface area contributed by atoms with Crippen LogP contribution in [0, 0.1) is 17.0 Å². The van der Waals surface area contributed by atoms with E-state index in [0.29, 0.717) is 5.56 Å². The maximum atomic E-state index is 10.7. The van der Waals surface area contributed by atoms with Crippen LogP contribution in [-0.2, 0) is 4.79 Å². The quantitative estimate of drug-likeness (QED) is 0.619. The molecule has 0 aromatic heterocycles. The summed E-state index contributed by atoms with van der Waals surface area (Å²) in [5.41, 5.74) is 6.34. The second kappa shape index (κ2) is 5.06. The fourth-order valence-electron chi connectivity index (χ4n) is 1.32. The van der Waals surface area contributed by atoms with Crippen LogP contribution < -0.4 is 5.73 Å². The molecule has 0 spiro atoms. The number of hydrogen-bond acceptors (Lipinski definition) is 3. The molecule has 1 aromatic rings. The summed E-state index contributed by atoms with van der Waals surface area (Å²) < 4.78 is 0. The van der Waals surface area contributed by atoms with Gasteiger partial charge < -0.3 is 5.73 Å². The third kappa shape index (κ3) is 2.91. The molecule has 0 aliphatic heterocycles. The summed E-state index contributed by atoms with van der Waals surface area (Å²) in [4.78, 5) is 20.7. The van der Waals surface area contributed by atoms with Crippen molar-refractivity contribution >= 4 is 17.7 Å². The second-order valence-electron chi connectivity index (χ2n) is 3.32. The van der Waals surface area contributed by atoms with Gasteiger partial charge >= 0.3 is 0 Å². The van der Waals surface area contributed by atoms with E-state index in [-0.39, 0.29) is 12.1 Å². The van der Waals surface area contributed by atoms with Gasteiger partial charge in [-0.2, -0.15) is 0 Å². The smallest absolute Gasteiger partial charge is 0.272 e. The lowest BCUT2D eigenvalue weighted by Gasteiger charge is -2.00. The van der Waals surface area contributed by atoms with Gasteiger partial charge in [0.15, 0.2) is 0 Å². The zero-order chi connectivity index (χ0) is 12.1. The van der Waals surface area contributed by atoms with Crippen molar-refractivity contribution in [2.24, 2.45) is 5.73 Å². The Kier molecular flexibility index (Phi) is 3.77. The lowest BCUT2D eigenvalue weighted by Crippen LogP contribution is -2.07. The van der Waals surface area contributed by atoms with Crippen LogP contribution in [0.15, 0.2) is 24.3 Å². The van der Waals surface area contributed by atoms with Crippen LogP contribution in [0.25, 0.3) is 6.08 Å². The molecule has 0 atom stereocenters. The number of amides is 1. The Morgan fingerprint density at radius 2 is 2.25 bits per heavy atom. The van der Waals surface area contributed by atoms with Gasteiger partial charge in [-0.05, 0) is 12.5 Å². The van der Waals surface area contributed by atoms with Gasteiger partial charge in [0.25, 0.3) is 5.69 Å². The highest BCUT2D eigenvalue weighted by Gasteiger charge is 2.11. The molecular weight excluding hydrogens is 208 g/mol. The van der Waals surface area contributed by atoms with E-state index in [2.05, 4.69) is 0 Å². The van der Waals surface area contributed by atoms with Crippen molar-refractivity contribution in [3.63, 3.8) is 0 Å². The summed E-state index contributed by atoms with van der Waals surface area (Å²) >= 11 is 0. The summed E-state index contributed by atoms with van der Waals surface area (Å²) in [5, 5.41) is 10.7. The van der Waals surface area contributed by atoms with Crippen LogP contribution >= 0.6 is 0 Å². The van der Waals surface area contributed by atoms with E-state index in [1.807, 2.05) is 0 Å². The third-order valence-corrected chi connectivity index (χ3v) is 2.16. The van der Waals surface area contributed by atoms with Crippen LogP contribution in [0.2, 0.25) is 0 Å². The number of primary amides is 1. The van der Waals surface area contributed by atoms with Crippen molar-refractivity contribution in [2.75, 3.05) is 0 Å². The van der Waals surface area contributed by atoms with Crippen molar-refractivity contribution < 1.29 is 9.72 Å². The summed E-state index contributed by atoms with van der Waals surface area (Å²) in [5.74, 6) is -0.431. The predicted molar refractivity (Wildman–Crippen MR) is 60.7 cm³/mol. The molecular formula is C11H12N2O3. The van der Waals surface area contributed by atoms with E-state index in [1.165, 1.54) is 6.07 Å². The molecule has 84 valence electrons. The van der Waals surface area contributed by atoms with Gasteiger partial charge in [0.05, 0.1) is 4.92 Å². The molecule has 5 nitrogen and oxygen atoms in total. The van der Waals surface area contributed by atoms with Gasteiger partial charge in [-0.1, -0.05) is 24.3 Å². The standard InChI is InChI=1S/C11H12N2O3/c1-8-9(5-3-7-11(12)14)4-2-6-10(8)13(15)16/h2-6H,7H2,1H3,(H2,12,14). The van der Waals surface area contributed by atoms with Crippen molar-refractivity contribution in [1.29, 1.82) is 0 Å². The number of carbonyl (C=O) groups excluding carboxylic acids is 1. The first-order chi connectivity index (χ1) is 7.52. The summed E-state index contributed by atoms with van der Waals surface area (Å²) in [6, 6.07) is 4.80. The number of nitro benzene ring substituents is 1. The van der Waals surface area contributed by atoms with Gasteiger partial charge in [0.1, 0.15) is 0 Å². The molecule has 0 heterocycles. The number of rotatable bonds is 4. The molecule has 0 aliphatic carbocycles. The average Bonchev–Trinajstić information content (AvgIpc) is 2.19. The predicted octanol–water partition coefficient (Wildman–Crippen LogP) is 1.79. The third-order valence-electron chi connectivity index (χ3n) is 2.16. The lowest BCUT2D eigenvalue weighted by atomic mass is 10.1. The molecule has 0 unspecified atom stereocenters. The molecule has 0 saturated heterocycles. The molecule has 1 aromatic carbocycles.